The third-order valence-corrected chi connectivity index (χ3v) is 0.686. The highest BCUT2D eigenvalue weighted by Crippen LogP contribution is 1.71. The van der Waals surface area contributed by atoms with E-state index in [1.165, 1.54) is 0 Å². The number of hydrogen-bond donors (Lipinski definition) is 2. The van der Waals surface area contributed by atoms with E-state index >= 15 is 0 Å². The van der Waals surface area contributed by atoms with Crippen LogP contribution in [0.4, 0.5) is 5.95 Å². The van der Waals surface area contributed by atoms with E-state index in [0.717, 1.165) is 0 Å². The minimum Gasteiger partial charge on any atom is -0.368 e. The van der Waals surface area contributed by atoms with Crippen molar-refractivity contribution in [3.63, 3.8) is 0 Å². The number of aromatic amines is 1. The van der Waals surface area contributed by atoms with Crippen molar-refractivity contribution in [2.45, 2.75) is 0 Å². The first kappa shape index (κ1) is 5.81. The number of nitrogens with two attached hydrogens (primary N) is 1. The van der Waals surface area contributed by atoms with Gasteiger partial charge in [-0.3, -0.25) is 0 Å². The van der Waals surface area contributed by atoms with E-state index in [4.69, 9.17) is 13.6 Å². The lowest BCUT2D eigenvalue weighted by Gasteiger charge is -1.90. The fourth-order valence-electron chi connectivity index (χ4n) is 0.418. The van der Waals surface area contributed by atoms with Crippen molar-refractivity contribution in [2.75, 3.05) is 5.73 Å². The van der Waals surface area contributed by atoms with Crippen LogP contribution < -0.4 is 17.1 Å². The lowest BCUT2D eigenvalue weighted by Crippen LogP contribution is -2.27. The van der Waals surface area contributed by atoms with Crippen LogP contribution in [0.5, 0.6) is 0 Å². The van der Waals surface area contributed by atoms with Gasteiger partial charge in [0.25, 0.3) is 0 Å². The molecule has 3 N–H and O–H groups in total. The summed E-state index contributed by atoms with van der Waals surface area (Å²) in [5, 5.41) is 0. The van der Waals surface area contributed by atoms with Gasteiger partial charge in [-0.15, -0.1) is 0 Å². The quantitative estimate of drug-likeness (QED) is 0.373. The molecule has 0 aliphatic heterocycles. The Morgan fingerprint density at radius 3 is 2.67 bits per heavy atom. The fraction of sp³-hybridized carbons (Fsp3) is 0. The van der Waals surface area contributed by atoms with E-state index in [1.807, 2.05) is 0 Å². The minimum atomic E-state index is -0.583. The number of nitrogens with one attached hydrogen (secondary N) is 1. The summed E-state index contributed by atoms with van der Waals surface area (Å²) in [6.07, 6.45) is 0. The van der Waals surface area contributed by atoms with Gasteiger partial charge in [-0.2, -0.15) is 4.98 Å². The summed E-state index contributed by atoms with van der Waals surface area (Å²) in [5.41, 5.74) is 4.43. The topological polar surface area (TPSA) is 84.7 Å². The van der Waals surface area contributed by atoms with Crippen LogP contribution >= 0.6 is 0 Å². The van der Waals surface area contributed by atoms with E-state index in [0.29, 0.717) is 0 Å². The van der Waals surface area contributed by atoms with Crippen molar-refractivity contribution in [1.82, 2.24) is 15.0 Å². The summed E-state index contributed by atoms with van der Waals surface area (Å²) in [4.78, 5) is 19.1. The number of nitrogens with zero attached hydrogens (tertiary/aromatic N) is 2. The Labute approximate surface area is 51.7 Å². The highest BCUT2D eigenvalue weighted by Gasteiger charge is 1.90. The largest absolute Gasteiger partial charge is 0.368 e. The van der Waals surface area contributed by atoms with Crippen LogP contribution in [0.1, 0.15) is 0 Å². The molecule has 5 nitrogen and oxygen atoms in total. The van der Waals surface area contributed by atoms with Crippen molar-refractivity contribution < 1.29 is 0 Å². The summed E-state index contributed by atoms with van der Waals surface area (Å²) >= 11 is 0. The number of hydrogen-bond acceptors (Lipinski definition) is 4. The summed E-state index contributed by atoms with van der Waals surface area (Å²) in [7, 11) is 5.07. The highest BCUT2D eigenvalue weighted by molar-refractivity contribution is 6.28. The lowest BCUT2D eigenvalue weighted by molar-refractivity contribution is 1.04. The zero-order valence-electron chi connectivity index (χ0n) is 4.46. The Balaban J connectivity index is 3.33. The van der Waals surface area contributed by atoms with Crippen molar-refractivity contribution in [1.29, 1.82) is 0 Å². The van der Waals surface area contributed by atoms with Gasteiger partial charge in [0, 0.05) is 0 Å². The summed E-state index contributed by atoms with van der Waals surface area (Å²) in [6.45, 7) is 0. The molecule has 0 saturated carbocycles. The second-order valence-electron chi connectivity index (χ2n) is 1.40. The van der Waals surface area contributed by atoms with Crippen LogP contribution in [0.25, 0.3) is 0 Å². The van der Waals surface area contributed by atoms with E-state index < -0.39 is 5.69 Å². The van der Waals surface area contributed by atoms with Gasteiger partial charge in [0.2, 0.25) is 5.95 Å². The van der Waals surface area contributed by atoms with Crippen LogP contribution in [0, 0.1) is 0 Å². The molecule has 0 spiro atoms. The maximum atomic E-state index is 10.3. The van der Waals surface area contributed by atoms with Crippen molar-refractivity contribution in [3.8, 4) is 0 Å². The van der Waals surface area contributed by atoms with E-state index in [1.54, 1.807) is 0 Å². The second-order valence-corrected chi connectivity index (χ2v) is 1.40. The molecule has 0 aromatic carbocycles. The van der Waals surface area contributed by atoms with Crippen LogP contribution in [0.3, 0.4) is 0 Å². The molecule has 0 saturated heterocycles. The summed E-state index contributed by atoms with van der Waals surface area (Å²) in [6, 6.07) is 0. The molecule has 9 heavy (non-hydrogen) atoms. The smallest absolute Gasteiger partial charge is 0.348 e. The van der Waals surface area contributed by atoms with Gasteiger partial charge < -0.3 is 10.7 Å². The van der Waals surface area contributed by atoms with Crippen LogP contribution in [0.2, 0.25) is 0 Å². The Kier molecular flexibility index (Phi) is 1.22. The summed E-state index contributed by atoms with van der Waals surface area (Å²) < 4.78 is 0. The van der Waals surface area contributed by atoms with Gasteiger partial charge in [-0.25, -0.2) is 9.78 Å². The molecule has 6 heteroatoms. The van der Waals surface area contributed by atoms with Crippen molar-refractivity contribution in [3.05, 3.63) is 10.5 Å². The molecule has 44 valence electrons. The molecule has 0 aliphatic carbocycles. The Morgan fingerprint density at radius 2 is 2.22 bits per heavy atom. The van der Waals surface area contributed by atoms with E-state index in [9.17, 15) is 4.79 Å². The molecular formula is C3H3BN4O. The number of anilines is 1. The second kappa shape index (κ2) is 1.89. The van der Waals surface area contributed by atoms with Crippen molar-refractivity contribution >= 4 is 19.5 Å². The first-order valence-electron chi connectivity index (χ1n) is 2.18. The van der Waals surface area contributed by atoms with Crippen molar-refractivity contribution in [2.24, 2.45) is 0 Å². The van der Waals surface area contributed by atoms with Gasteiger partial charge in [0.1, 0.15) is 0 Å². The normalized spacial score (nSPS) is 9.33. The molecule has 0 atom stereocenters. The van der Waals surface area contributed by atoms with Gasteiger partial charge in [-0.1, -0.05) is 0 Å². The lowest BCUT2D eigenvalue weighted by atomic mass is 10.1. The number of nitrogen functional groups attached to an aromatic ring is 1. The standard InChI is InChI=1S/C3H3BN4O/c4-1-6-2(5)8-3(9)7-1/h(H3,5,6,7,8,9). The highest BCUT2D eigenvalue weighted by atomic mass is 16.1. The molecule has 0 aliphatic rings. The van der Waals surface area contributed by atoms with Crippen LogP contribution in [-0.2, 0) is 0 Å². The predicted octanol–water partition coefficient (Wildman–Crippen LogP) is -2.46. The predicted molar refractivity (Wildman–Crippen MR) is 32.5 cm³/mol. The molecule has 1 rings (SSSR count). The molecule has 0 fully saturated rings. The molecule has 0 unspecified atom stereocenters. The van der Waals surface area contributed by atoms with Crippen LogP contribution in [0.15, 0.2) is 4.79 Å². The maximum absolute atomic E-state index is 10.3. The SMILES string of the molecule is [B]c1nc(N)nc(=O)[nH]1. The van der Waals surface area contributed by atoms with Gasteiger partial charge >= 0.3 is 5.69 Å². The maximum Gasteiger partial charge on any atom is 0.348 e. The Bertz CT molecular complexity index is 246. The van der Waals surface area contributed by atoms with E-state index in [-0.39, 0.29) is 11.7 Å². The molecule has 2 radical (unpaired) electrons. The third kappa shape index (κ3) is 1.28. The summed E-state index contributed by atoms with van der Waals surface area (Å²) in [5.74, 6) is -0.115. The molecule has 0 bridgehead atoms. The fourth-order valence-corrected chi connectivity index (χ4v) is 0.418. The number of rotatable bonds is 0. The monoisotopic (exact) mass is 122 g/mol. The zero-order valence-corrected chi connectivity index (χ0v) is 4.46. The average Bonchev–Trinajstić information content (AvgIpc) is 1.59. The van der Waals surface area contributed by atoms with Gasteiger partial charge in [0.15, 0.2) is 7.85 Å². The molecule has 1 heterocycles. The van der Waals surface area contributed by atoms with Gasteiger partial charge in [-0.05, 0) is 0 Å². The zero-order chi connectivity index (χ0) is 6.85. The number of H-pyrrole nitrogens is 1. The average molecular weight is 122 g/mol. The molecule has 1 aromatic rings. The molecule has 1 aromatic heterocycles. The minimum absolute atomic E-state index is 0.0208. The molecular weight excluding hydrogens is 119 g/mol. The molecule has 0 amide bonds. The Hall–Kier alpha value is -1.33. The third-order valence-electron chi connectivity index (χ3n) is 0.686. The Morgan fingerprint density at radius 1 is 1.56 bits per heavy atom. The van der Waals surface area contributed by atoms with Crippen LogP contribution in [-0.4, -0.2) is 22.8 Å². The van der Waals surface area contributed by atoms with Gasteiger partial charge in [0.05, 0.1) is 5.72 Å². The number of aromatic nitrogens is 3. The first-order chi connectivity index (χ1) is 4.18. The first-order valence-corrected chi connectivity index (χ1v) is 2.18. The van der Waals surface area contributed by atoms with E-state index in [2.05, 4.69) is 15.0 Å².